The predicted molar refractivity (Wildman–Crippen MR) is 52.9 cm³/mol. The summed E-state index contributed by atoms with van der Waals surface area (Å²) in [5, 5.41) is 0. The summed E-state index contributed by atoms with van der Waals surface area (Å²) in [6, 6.07) is 0. The van der Waals surface area contributed by atoms with Crippen molar-refractivity contribution in [1.82, 2.24) is 0 Å². The van der Waals surface area contributed by atoms with Crippen molar-refractivity contribution in [1.29, 1.82) is 0 Å². The van der Waals surface area contributed by atoms with Gasteiger partial charge in [0.15, 0.2) is 0 Å². The molecule has 1 nitrogen and oxygen atoms in total. The molecule has 0 atom stereocenters. The van der Waals surface area contributed by atoms with Crippen LogP contribution in [0.15, 0.2) is 15.6 Å². The summed E-state index contributed by atoms with van der Waals surface area (Å²) >= 11 is 4.09. The number of nitrogens with zero attached hydrogens (tertiary/aromatic N) is 1. The van der Waals surface area contributed by atoms with Gasteiger partial charge in [-0.1, -0.05) is 13.8 Å². The first-order valence-corrected chi connectivity index (χ1v) is 3.98. The van der Waals surface area contributed by atoms with Crippen molar-refractivity contribution in [3.8, 4) is 0 Å². The molecule has 0 aliphatic rings. The largest absolute Gasteiger partial charge is 0.265 e. The van der Waals surface area contributed by atoms with Gasteiger partial charge in [-0.25, -0.2) is 0 Å². The third-order valence-corrected chi connectivity index (χ3v) is 1.17. The second kappa shape index (κ2) is 8.76. The molecule has 0 radical (unpaired) electrons. The monoisotopic (exact) mass is 159 g/mol. The molecule has 0 aromatic rings. The average Bonchev–Trinajstić information content (AvgIpc) is 1.93. The third-order valence-electron chi connectivity index (χ3n) is 0.846. The number of allylic oxidation sites excluding steroid dienone is 2. The van der Waals surface area contributed by atoms with Crippen LogP contribution in [0.1, 0.15) is 34.6 Å². The minimum Gasteiger partial charge on any atom is -0.265 e. The van der Waals surface area contributed by atoms with E-state index in [1.54, 1.807) is 6.21 Å². The van der Waals surface area contributed by atoms with E-state index in [2.05, 4.69) is 17.6 Å². The first-order chi connectivity index (χ1) is 4.68. The van der Waals surface area contributed by atoms with Crippen molar-refractivity contribution in [2.75, 3.05) is 0 Å². The van der Waals surface area contributed by atoms with Crippen molar-refractivity contribution in [3.63, 3.8) is 0 Å². The minimum absolute atomic E-state index is 0.975. The van der Waals surface area contributed by atoms with E-state index >= 15 is 0 Å². The van der Waals surface area contributed by atoms with Crippen LogP contribution in [0.4, 0.5) is 0 Å². The summed E-state index contributed by atoms with van der Waals surface area (Å²) in [5.74, 6) is 0. The Kier molecular flexibility index (Phi) is 10.9. The molecule has 2 heteroatoms. The van der Waals surface area contributed by atoms with Gasteiger partial charge in [0.05, 0.1) is 0 Å². The summed E-state index contributed by atoms with van der Waals surface area (Å²) in [5.41, 5.74) is 0.982. The van der Waals surface area contributed by atoms with Crippen molar-refractivity contribution in [2.24, 2.45) is 4.99 Å². The number of rotatable bonds is 1. The van der Waals surface area contributed by atoms with Gasteiger partial charge in [-0.3, -0.25) is 4.99 Å². The molecule has 0 fully saturated rings. The van der Waals surface area contributed by atoms with Crippen LogP contribution >= 0.6 is 12.6 Å². The predicted octanol–water partition coefficient (Wildman–Crippen LogP) is 3.28. The van der Waals surface area contributed by atoms with E-state index in [9.17, 15) is 0 Å². The van der Waals surface area contributed by atoms with Gasteiger partial charge in [0.1, 0.15) is 0 Å². The summed E-state index contributed by atoms with van der Waals surface area (Å²) in [4.78, 5) is 4.98. The summed E-state index contributed by atoms with van der Waals surface area (Å²) in [6.45, 7) is 9.74. The van der Waals surface area contributed by atoms with Crippen molar-refractivity contribution in [3.05, 3.63) is 10.6 Å². The van der Waals surface area contributed by atoms with Gasteiger partial charge in [-0.05, 0) is 25.7 Å². The van der Waals surface area contributed by atoms with Gasteiger partial charge in [0, 0.05) is 11.9 Å². The molecule has 0 aliphatic heterocycles. The zero-order chi connectivity index (χ0) is 8.57. The van der Waals surface area contributed by atoms with Crippen molar-refractivity contribution >= 4 is 18.8 Å². The summed E-state index contributed by atoms with van der Waals surface area (Å²) in [7, 11) is 0. The molecule has 0 aromatic carbocycles. The maximum Gasteiger partial charge on any atom is 0.0457 e. The Morgan fingerprint density at radius 3 is 1.80 bits per heavy atom. The number of thiol groups is 1. The lowest BCUT2D eigenvalue weighted by molar-refractivity contribution is 1.28. The van der Waals surface area contributed by atoms with Gasteiger partial charge in [-0.15, -0.1) is 12.6 Å². The lowest BCUT2D eigenvalue weighted by Crippen LogP contribution is -1.70. The summed E-state index contributed by atoms with van der Waals surface area (Å²) in [6.07, 6.45) is 1.76. The second-order valence-electron chi connectivity index (χ2n) is 1.56. The zero-order valence-electron chi connectivity index (χ0n) is 7.47. The van der Waals surface area contributed by atoms with Crippen LogP contribution in [0.2, 0.25) is 0 Å². The van der Waals surface area contributed by atoms with Gasteiger partial charge < -0.3 is 0 Å². The molecule has 60 valence electrons. The average molecular weight is 159 g/mol. The number of aliphatic imine (C=N–C) groups is 1. The Bertz CT molecular complexity index is 121. The lowest BCUT2D eigenvalue weighted by atomic mass is 10.5. The molecule has 10 heavy (non-hydrogen) atoms. The van der Waals surface area contributed by atoms with E-state index in [-0.39, 0.29) is 0 Å². The molecule has 0 heterocycles. The van der Waals surface area contributed by atoms with E-state index in [1.807, 2.05) is 34.6 Å². The highest BCUT2D eigenvalue weighted by atomic mass is 32.1. The molecule has 0 spiro atoms. The Morgan fingerprint density at radius 1 is 1.30 bits per heavy atom. The van der Waals surface area contributed by atoms with E-state index in [0.717, 1.165) is 10.6 Å². The molecule has 0 bridgehead atoms. The number of hydrogen-bond acceptors (Lipinski definition) is 2. The Hall–Kier alpha value is -0.240. The Balaban J connectivity index is 0. The normalized spacial score (nSPS) is 12.2. The highest BCUT2D eigenvalue weighted by Gasteiger charge is 1.83. The fraction of sp³-hybridized carbons (Fsp3) is 0.625. The topological polar surface area (TPSA) is 12.4 Å². The minimum atomic E-state index is 0.975. The molecule has 0 N–H and O–H groups in total. The van der Waals surface area contributed by atoms with Crippen LogP contribution in [0.5, 0.6) is 0 Å². The first-order valence-electron chi connectivity index (χ1n) is 3.53. The van der Waals surface area contributed by atoms with E-state index in [0.29, 0.717) is 0 Å². The summed E-state index contributed by atoms with van der Waals surface area (Å²) < 4.78 is 0. The van der Waals surface area contributed by atoms with Crippen LogP contribution in [-0.4, -0.2) is 6.21 Å². The fourth-order valence-electron chi connectivity index (χ4n) is 0.287. The standard InChI is InChI=1S/C6H11NS.C2H6/c1-4-7-5(2)6(3)8;1-2/h4,8H,1-3H3;1-2H3/b6-5-,7-4?;. The second-order valence-corrected chi connectivity index (χ2v) is 2.23. The molecular weight excluding hydrogens is 142 g/mol. The first kappa shape index (κ1) is 12.4. The van der Waals surface area contributed by atoms with E-state index < -0.39 is 0 Å². The molecule has 0 rings (SSSR count). The molecule has 0 aromatic heterocycles. The van der Waals surface area contributed by atoms with Gasteiger partial charge >= 0.3 is 0 Å². The van der Waals surface area contributed by atoms with E-state index in [1.165, 1.54) is 0 Å². The molecule has 0 saturated carbocycles. The van der Waals surface area contributed by atoms with Crippen LogP contribution in [0.25, 0.3) is 0 Å². The highest BCUT2D eigenvalue weighted by molar-refractivity contribution is 7.84. The SMILES string of the molecule is CC.CC=N/C(C)=C(/C)S. The quantitative estimate of drug-likeness (QED) is 0.445. The fourth-order valence-corrected chi connectivity index (χ4v) is 0.345. The van der Waals surface area contributed by atoms with Gasteiger partial charge in [0.25, 0.3) is 0 Å². The molecule has 0 amide bonds. The zero-order valence-corrected chi connectivity index (χ0v) is 8.37. The molecule has 0 unspecified atom stereocenters. The van der Waals surface area contributed by atoms with Crippen molar-refractivity contribution in [2.45, 2.75) is 34.6 Å². The van der Waals surface area contributed by atoms with Gasteiger partial charge in [-0.2, -0.15) is 0 Å². The highest BCUT2D eigenvalue weighted by Crippen LogP contribution is 2.06. The van der Waals surface area contributed by atoms with Gasteiger partial charge in [0.2, 0.25) is 0 Å². The number of hydrogen-bond donors (Lipinski definition) is 1. The van der Waals surface area contributed by atoms with Crippen LogP contribution in [-0.2, 0) is 0 Å². The maximum atomic E-state index is 4.09. The molecular formula is C8H17NS. The third kappa shape index (κ3) is 7.76. The maximum absolute atomic E-state index is 4.09. The lowest BCUT2D eigenvalue weighted by Gasteiger charge is -1.90. The van der Waals surface area contributed by atoms with Crippen LogP contribution in [0, 0.1) is 0 Å². The van der Waals surface area contributed by atoms with Crippen molar-refractivity contribution < 1.29 is 0 Å². The van der Waals surface area contributed by atoms with Crippen LogP contribution in [0.3, 0.4) is 0 Å². The van der Waals surface area contributed by atoms with Crippen LogP contribution < -0.4 is 0 Å². The molecule has 0 saturated heterocycles. The molecule has 0 aliphatic carbocycles. The Morgan fingerprint density at radius 2 is 1.70 bits per heavy atom. The van der Waals surface area contributed by atoms with E-state index in [4.69, 9.17) is 0 Å². The Labute approximate surface area is 69.7 Å². The smallest absolute Gasteiger partial charge is 0.0457 e.